The Morgan fingerprint density at radius 2 is 0.938 bits per heavy atom. The lowest BCUT2D eigenvalue weighted by atomic mass is 9.92. The van der Waals surface area contributed by atoms with Gasteiger partial charge >= 0.3 is 0 Å². The molecule has 0 N–H and O–H groups in total. The SMILES string of the molecule is N#Cc1ccc(-c2ccc(-c3ccc4c(c3)c3ccccc3n4-c3ccccc3)c3c4ccccc4n(-c4ccccc4)c23)cc1C#N. The first-order valence-electron chi connectivity index (χ1n) is 15.9. The first-order valence-corrected chi connectivity index (χ1v) is 15.9. The van der Waals surface area contributed by atoms with Crippen LogP contribution >= 0.6 is 0 Å². The Labute approximate surface area is 277 Å². The lowest BCUT2D eigenvalue weighted by Gasteiger charge is -2.14. The number of nitriles is 2. The minimum atomic E-state index is 0.370. The van der Waals surface area contributed by atoms with Gasteiger partial charge in [0.1, 0.15) is 12.1 Å². The summed E-state index contributed by atoms with van der Waals surface area (Å²) in [6.45, 7) is 0. The summed E-state index contributed by atoms with van der Waals surface area (Å²) in [5.74, 6) is 0. The average molecular weight is 611 g/mol. The zero-order valence-corrected chi connectivity index (χ0v) is 25.8. The van der Waals surface area contributed by atoms with E-state index in [1.807, 2.05) is 18.2 Å². The van der Waals surface area contributed by atoms with Gasteiger partial charge in [0.05, 0.1) is 33.2 Å². The third kappa shape index (κ3) is 4.07. The highest BCUT2D eigenvalue weighted by Gasteiger charge is 2.21. The molecule has 0 saturated heterocycles. The molecule has 0 aliphatic carbocycles. The van der Waals surface area contributed by atoms with E-state index in [4.69, 9.17) is 0 Å². The molecule has 0 bridgehead atoms. The topological polar surface area (TPSA) is 57.4 Å². The predicted octanol–water partition coefficient (Wildman–Crippen LogP) is 11.0. The summed E-state index contributed by atoms with van der Waals surface area (Å²) in [5.41, 5.74) is 11.6. The van der Waals surface area contributed by atoms with Crippen molar-refractivity contribution in [2.45, 2.75) is 0 Å². The summed E-state index contributed by atoms with van der Waals surface area (Å²) in [4.78, 5) is 0. The summed E-state index contributed by atoms with van der Waals surface area (Å²) in [7, 11) is 0. The molecule has 0 unspecified atom stereocenters. The molecule has 2 heterocycles. The number of rotatable bonds is 4. The van der Waals surface area contributed by atoms with Crippen molar-refractivity contribution in [3.05, 3.63) is 169 Å². The Kier molecular flexibility index (Phi) is 6.22. The molecule has 0 atom stereocenters. The van der Waals surface area contributed by atoms with Crippen LogP contribution < -0.4 is 0 Å². The van der Waals surface area contributed by atoms with E-state index in [-0.39, 0.29) is 0 Å². The second kappa shape index (κ2) is 10.9. The highest BCUT2D eigenvalue weighted by molar-refractivity contribution is 6.20. The number of nitrogens with zero attached hydrogens (tertiary/aromatic N) is 4. The van der Waals surface area contributed by atoms with Gasteiger partial charge in [-0.3, -0.25) is 0 Å². The van der Waals surface area contributed by atoms with Crippen LogP contribution in [0.2, 0.25) is 0 Å². The molecule has 4 nitrogen and oxygen atoms in total. The fourth-order valence-corrected chi connectivity index (χ4v) is 7.31. The van der Waals surface area contributed by atoms with E-state index in [9.17, 15) is 10.5 Å². The van der Waals surface area contributed by atoms with Gasteiger partial charge in [-0.2, -0.15) is 10.5 Å². The molecule has 2 aromatic heterocycles. The van der Waals surface area contributed by atoms with Crippen LogP contribution in [0.3, 0.4) is 0 Å². The minimum absolute atomic E-state index is 0.370. The van der Waals surface area contributed by atoms with Gasteiger partial charge in [0.25, 0.3) is 0 Å². The van der Waals surface area contributed by atoms with E-state index >= 15 is 0 Å². The van der Waals surface area contributed by atoms with Crippen LogP contribution in [0.15, 0.2) is 158 Å². The molecule has 0 radical (unpaired) electrons. The van der Waals surface area contributed by atoms with Gasteiger partial charge in [0.15, 0.2) is 0 Å². The molecule has 9 aromatic rings. The van der Waals surface area contributed by atoms with Crippen LogP contribution in [0.25, 0.3) is 77.2 Å². The van der Waals surface area contributed by atoms with Gasteiger partial charge < -0.3 is 9.13 Å². The quantitative estimate of drug-likeness (QED) is 0.199. The van der Waals surface area contributed by atoms with Crippen molar-refractivity contribution in [3.63, 3.8) is 0 Å². The van der Waals surface area contributed by atoms with Gasteiger partial charge in [0, 0.05) is 38.5 Å². The molecule has 4 heteroatoms. The maximum absolute atomic E-state index is 9.90. The van der Waals surface area contributed by atoms with Crippen molar-refractivity contribution in [3.8, 4) is 45.8 Å². The van der Waals surface area contributed by atoms with Gasteiger partial charge in [-0.25, -0.2) is 0 Å². The summed E-state index contributed by atoms with van der Waals surface area (Å²) in [6, 6.07) is 59.2. The highest BCUT2D eigenvalue weighted by atomic mass is 15.0. The number of aromatic nitrogens is 2. The Bertz CT molecular complexity index is 2790. The fourth-order valence-electron chi connectivity index (χ4n) is 7.31. The molecule has 9 rings (SSSR count). The van der Waals surface area contributed by atoms with E-state index < -0.39 is 0 Å². The summed E-state index contributed by atoms with van der Waals surface area (Å²) >= 11 is 0. The maximum Gasteiger partial charge on any atom is 0.101 e. The number of para-hydroxylation sites is 4. The second-order valence-electron chi connectivity index (χ2n) is 12.0. The van der Waals surface area contributed by atoms with Crippen molar-refractivity contribution >= 4 is 43.6 Å². The van der Waals surface area contributed by atoms with Gasteiger partial charge in [-0.1, -0.05) is 97.1 Å². The van der Waals surface area contributed by atoms with E-state index in [2.05, 4.69) is 155 Å². The number of hydrogen-bond acceptors (Lipinski definition) is 2. The molecular weight excluding hydrogens is 585 g/mol. The Hall–Kier alpha value is -6.88. The van der Waals surface area contributed by atoms with E-state index in [0.29, 0.717) is 11.1 Å². The van der Waals surface area contributed by atoms with Crippen molar-refractivity contribution in [2.75, 3.05) is 0 Å². The molecule has 0 fully saturated rings. The third-order valence-corrected chi connectivity index (χ3v) is 9.40. The van der Waals surface area contributed by atoms with Gasteiger partial charge in [0.2, 0.25) is 0 Å². The summed E-state index contributed by atoms with van der Waals surface area (Å²) in [5, 5.41) is 24.2. The predicted molar refractivity (Wildman–Crippen MR) is 195 cm³/mol. The molecule has 0 amide bonds. The Morgan fingerprint density at radius 1 is 0.396 bits per heavy atom. The highest BCUT2D eigenvalue weighted by Crippen LogP contribution is 2.44. The largest absolute Gasteiger partial charge is 0.309 e. The van der Waals surface area contributed by atoms with Crippen LogP contribution in [0, 0.1) is 22.7 Å². The van der Waals surface area contributed by atoms with Crippen LogP contribution in [0.5, 0.6) is 0 Å². The maximum atomic E-state index is 9.90. The Morgan fingerprint density at radius 3 is 1.65 bits per heavy atom. The van der Waals surface area contributed by atoms with Crippen molar-refractivity contribution in [1.29, 1.82) is 10.5 Å². The summed E-state index contributed by atoms with van der Waals surface area (Å²) in [6.07, 6.45) is 0. The zero-order chi connectivity index (χ0) is 32.2. The van der Waals surface area contributed by atoms with Crippen LogP contribution in [-0.2, 0) is 0 Å². The van der Waals surface area contributed by atoms with Crippen LogP contribution in [0.4, 0.5) is 0 Å². The van der Waals surface area contributed by atoms with Crippen LogP contribution in [-0.4, -0.2) is 9.13 Å². The second-order valence-corrected chi connectivity index (χ2v) is 12.0. The lowest BCUT2D eigenvalue weighted by molar-refractivity contribution is 1.18. The Balaban J connectivity index is 1.39. The van der Waals surface area contributed by atoms with E-state index in [0.717, 1.165) is 61.0 Å². The molecule has 222 valence electrons. The van der Waals surface area contributed by atoms with E-state index in [1.165, 1.54) is 16.3 Å². The van der Waals surface area contributed by atoms with E-state index in [1.54, 1.807) is 6.07 Å². The van der Waals surface area contributed by atoms with Gasteiger partial charge in [-0.15, -0.1) is 0 Å². The van der Waals surface area contributed by atoms with Crippen LogP contribution in [0.1, 0.15) is 11.1 Å². The molecule has 0 spiro atoms. The summed E-state index contributed by atoms with van der Waals surface area (Å²) < 4.78 is 4.67. The number of fused-ring (bicyclic) bond motifs is 6. The van der Waals surface area contributed by atoms with Gasteiger partial charge in [-0.05, 0) is 77.4 Å². The first-order chi connectivity index (χ1) is 23.7. The average Bonchev–Trinajstić information content (AvgIpc) is 3.68. The van der Waals surface area contributed by atoms with Crippen molar-refractivity contribution in [2.24, 2.45) is 0 Å². The fraction of sp³-hybridized carbons (Fsp3) is 0. The molecule has 0 aliphatic rings. The number of benzene rings is 7. The van der Waals surface area contributed by atoms with Crippen molar-refractivity contribution in [1.82, 2.24) is 9.13 Å². The standard InChI is InChI=1S/C44H26N4/c45-27-31-20-19-29(25-32(31)28-46)36-23-22-35(43-38-16-8-10-18-41(38)48(44(36)43)34-13-5-2-6-14-34)30-21-24-42-39(26-30)37-15-7-9-17-40(37)47(42)33-11-3-1-4-12-33/h1-26H. The monoisotopic (exact) mass is 610 g/mol. The molecular formula is C44H26N4. The first kappa shape index (κ1) is 27.4. The molecule has 0 saturated carbocycles. The molecule has 7 aromatic carbocycles. The van der Waals surface area contributed by atoms with Crippen molar-refractivity contribution < 1.29 is 0 Å². The molecule has 0 aliphatic heterocycles. The molecule has 48 heavy (non-hydrogen) atoms. The zero-order valence-electron chi connectivity index (χ0n) is 25.8. The normalized spacial score (nSPS) is 11.3. The minimum Gasteiger partial charge on any atom is -0.309 e. The number of hydrogen-bond donors (Lipinski definition) is 0. The third-order valence-electron chi connectivity index (χ3n) is 9.40. The lowest BCUT2D eigenvalue weighted by Crippen LogP contribution is -1.96. The smallest absolute Gasteiger partial charge is 0.101 e.